The molecule has 1 aliphatic heterocycles. The maximum Gasteiger partial charge on any atom is 0.341 e. The van der Waals surface area contributed by atoms with E-state index in [0.717, 1.165) is 32.7 Å². The Morgan fingerprint density at radius 2 is 2.20 bits per heavy atom. The van der Waals surface area contributed by atoms with Crippen LogP contribution in [-0.2, 0) is 16.1 Å². The fourth-order valence-electron chi connectivity index (χ4n) is 2.38. The molecule has 1 aliphatic rings. The second-order valence-corrected chi connectivity index (χ2v) is 5.25. The van der Waals surface area contributed by atoms with Gasteiger partial charge in [0.2, 0.25) is 0 Å². The van der Waals surface area contributed by atoms with Gasteiger partial charge in [-0.05, 0) is 37.1 Å². The summed E-state index contributed by atoms with van der Waals surface area (Å²) >= 11 is 0. The maximum atomic E-state index is 10.4. The molecule has 0 amide bonds. The number of benzene rings is 1. The van der Waals surface area contributed by atoms with Gasteiger partial charge in [0, 0.05) is 19.7 Å². The van der Waals surface area contributed by atoms with Crippen LogP contribution in [0.3, 0.4) is 0 Å². The molecule has 0 aromatic heterocycles. The largest absolute Gasteiger partial charge is 0.482 e. The zero-order valence-corrected chi connectivity index (χ0v) is 11.7. The Morgan fingerprint density at radius 1 is 1.45 bits per heavy atom. The number of carbonyl (C=O) groups is 1. The molecule has 2 rings (SSSR count). The molecule has 5 nitrogen and oxygen atoms in total. The molecule has 5 heteroatoms. The van der Waals surface area contributed by atoms with Crippen LogP contribution in [0.1, 0.15) is 12.0 Å². The molecule has 1 fully saturated rings. The SMILES string of the molecule is CN(Cc1ccc(OCC(=O)O)cc1)C[C@@H]1CCOC1. The topological polar surface area (TPSA) is 59.0 Å². The van der Waals surface area contributed by atoms with E-state index >= 15 is 0 Å². The Balaban J connectivity index is 1.78. The number of hydrogen-bond acceptors (Lipinski definition) is 4. The fourth-order valence-corrected chi connectivity index (χ4v) is 2.38. The third-order valence-corrected chi connectivity index (χ3v) is 3.33. The van der Waals surface area contributed by atoms with Crippen molar-refractivity contribution in [2.45, 2.75) is 13.0 Å². The molecule has 1 aromatic carbocycles. The van der Waals surface area contributed by atoms with Crippen molar-refractivity contribution < 1.29 is 19.4 Å². The van der Waals surface area contributed by atoms with Crippen molar-refractivity contribution in [1.82, 2.24) is 4.90 Å². The highest BCUT2D eigenvalue weighted by Gasteiger charge is 2.17. The van der Waals surface area contributed by atoms with E-state index in [0.29, 0.717) is 11.7 Å². The first-order valence-electron chi connectivity index (χ1n) is 6.83. The summed E-state index contributed by atoms with van der Waals surface area (Å²) in [6.45, 7) is 3.36. The molecule has 0 radical (unpaired) electrons. The second kappa shape index (κ2) is 7.26. The monoisotopic (exact) mass is 279 g/mol. The number of carboxylic acids is 1. The molecular formula is C15H21NO4. The minimum absolute atomic E-state index is 0.305. The number of nitrogens with zero attached hydrogens (tertiary/aromatic N) is 1. The van der Waals surface area contributed by atoms with E-state index in [2.05, 4.69) is 11.9 Å². The van der Waals surface area contributed by atoms with Gasteiger partial charge in [-0.1, -0.05) is 12.1 Å². The van der Waals surface area contributed by atoms with E-state index in [1.807, 2.05) is 24.3 Å². The van der Waals surface area contributed by atoms with Crippen molar-refractivity contribution in [3.8, 4) is 5.75 Å². The standard InChI is InChI=1S/C15H21NO4/c1-16(9-13-6-7-19-10-13)8-12-2-4-14(5-3-12)20-11-15(17)18/h2-5,13H,6-11H2,1H3,(H,17,18)/t13-/m0/s1. The van der Waals surface area contributed by atoms with Crippen molar-refractivity contribution in [2.24, 2.45) is 5.92 Å². The summed E-state index contributed by atoms with van der Waals surface area (Å²) in [7, 11) is 2.10. The number of ether oxygens (including phenoxy) is 2. The third kappa shape index (κ3) is 4.83. The molecule has 0 unspecified atom stereocenters. The summed E-state index contributed by atoms with van der Waals surface area (Å²) in [5, 5.41) is 8.54. The smallest absolute Gasteiger partial charge is 0.341 e. The lowest BCUT2D eigenvalue weighted by molar-refractivity contribution is -0.139. The molecule has 1 aromatic rings. The van der Waals surface area contributed by atoms with Crippen LogP contribution in [0.2, 0.25) is 0 Å². The van der Waals surface area contributed by atoms with Crippen LogP contribution >= 0.6 is 0 Å². The summed E-state index contributed by atoms with van der Waals surface area (Å²) in [4.78, 5) is 12.7. The van der Waals surface area contributed by atoms with Crippen molar-refractivity contribution in [3.05, 3.63) is 29.8 Å². The van der Waals surface area contributed by atoms with Gasteiger partial charge in [0.05, 0.1) is 6.61 Å². The molecule has 1 N–H and O–H groups in total. The van der Waals surface area contributed by atoms with Crippen molar-refractivity contribution in [2.75, 3.05) is 33.4 Å². The van der Waals surface area contributed by atoms with Gasteiger partial charge in [-0.2, -0.15) is 0 Å². The number of rotatable bonds is 7. The van der Waals surface area contributed by atoms with E-state index < -0.39 is 5.97 Å². The highest BCUT2D eigenvalue weighted by Crippen LogP contribution is 2.16. The summed E-state index contributed by atoms with van der Waals surface area (Å²) in [5.74, 6) is 0.258. The lowest BCUT2D eigenvalue weighted by Gasteiger charge is -2.20. The zero-order valence-electron chi connectivity index (χ0n) is 11.7. The highest BCUT2D eigenvalue weighted by atomic mass is 16.5. The minimum atomic E-state index is -0.965. The van der Waals surface area contributed by atoms with Crippen LogP contribution < -0.4 is 4.74 Å². The van der Waals surface area contributed by atoms with Crippen molar-refractivity contribution in [1.29, 1.82) is 0 Å². The Kier molecular flexibility index (Phi) is 5.38. The third-order valence-electron chi connectivity index (χ3n) is 3.33. The van der Waals surface area contributed by atoms with Crippen molar-refractivity contribution >= 4 is 5.97 Å². The Morgan fingerprint density at radius 3 is 2.80 bits per heavy atom. The van der Waals surface area contributed by atoms with Crippen LogP contribution in [0, 0.1) is 5.92 Å². The maximum absolute atomic E-state index is 10.4. The molecule has 1 heterocycles. The summed E-state index contributed by atoms with van der Waals surface area (Å²) in [6, 6.07) is 7.56. The van der Waals surface area contributed by atoms with Gasteiger partial charge < -0.3 is 19.5 Å². The van der Waals surface area contributed by atoms with Crippen molar-refractivity contribution in [3.63, 3.8) is 0 Å². The first kappa shape index (κ1) is 14.8. The Labute approximate surface area is 119 Å². The lowest BCUT2D eigenvalue weighted by atomic mass is 10.1. The van der Waals surface area contributed by atoms with Gasteiger partial charge in [0.1, 0.15) is 5.75 Å². The average Bonchev–Trinajstić information content (AvgIpc) is 2.90. The molecule has 1 atom stereocenters. The van der Waals surface area contributed by atoms with Gasteiger partial charge in [0.25, 0.3) is 0 Å². The Bertz CT molecular complexity index is 426. The van der Waals surface area contributed by atoms with Gasteiger partial charge >= 0.3 is 5.97 Å². The molecule has 0 bridgehead atoms. The fraction of sp³-hybridized carbons (Fsp3) is 0.533. The minimum Gasteiger partial charge on any atom is -0.482 e. The number of carboxylic acid groups (broad SMARTS) is 1. The lowest BCUT2D eigenvalue weighted by Crippen LogP contribution is -2.25. The predicted molar refractivity (Wildman–Crippen MR) is 74.8 cm³/mol. The molecule has 110 valence electrons. The van der Waals surface area contributed by atoms with E-state index in [1.165, 1.54) is 5.56 Å². The van der Waals surface area contributed by atoms with E-state index in [9.17, 15) is 4.79 Å². The predicted octanol–water partition coefficient (Wildman–Crippen LogP) is 1.62. The molecule has 1 saturated heterocycles. The first-order valence-corrected chi connectivity index (χ1v) is 6.83. The summed E-state index contributed by atoms with van der Waals surface area (Å²) < 4.78 is 10.5. The van der Waals surface area contributed by atoms with Crippen LogP contribution in [0.25, 0.3) is 0 Å². The molecule has 20 heavy (non-hydrogen) atoms. The van der Waals surface area contributed by atoms with Gasteiger partial charge in [0.15, 0.2) is 6.61 Å². The van der Waals surface area contributed by atoms with Crippen LogP contribution in [0.5, 0.6) is 5.75 Å². The molecule has 0 spiro atoms. The molecule has 0 saturated carbocycles. The van der Waals surface area contributed by atoms with Crippen LogP contribution in [0.15, 0.2) is 24.3 Å². The number of hydrogen-bond donors (Lipinski definition) is 1. The average molecular weight is 279 g/mol. The van der Waals surface area contributed by atoms with E-state index in [4.69, 9.17) is 14.6 Å². The van der Waals surface area contributed by atoms with E-state index in [1.54, 1.807) is 0 Å². The molecular weight excluding hydrogens is 258 g/mol. The highest BCUT2D eigenvalue weighted by molar-refractivity contribution is 5.68. The Hall–Kier alpha value is -1.59. The van der Waals surface area contributed by atoms with Crippen LogP contribution in [0.4, 0.5) is 0 Å². The second-order valence-electron chi connectivity index (χ2n) is 5.25. The number of aliphatic carboxylic acids is 1. The molecule has 0 aliphatic carbocycles. The van der Waals surface area contributed by atoms with E-state index in [-0.39, 0.29) is 6.61 Å². The van der Waals surface area contributed by atoms with Gasteiger partial charge in [-0.3, -0.25) is 0 Å². The van der Waals surface area contributed by atoms with Gasteiger partial charge in [-0.25, -0.2) is 4.79 Å². The summed E-state index contributed by atoms with van der Waals surface area (Å²) in [5.41, 5.74) is 1.19. The first-order chi connectivity index (χ1) is 9.63. The normalized spacial score (nSPS) is 18.4. The quantitative estimate of drug-likeness (QED) is 0.822. The zero-order chi connectivity index (χ0) is 14.4. The summed E-state index contributed by atoms with van der Waals surface area (Å²) in [6.07, 6.45) is 1.15. The van der Waals surface area contributed by atoms with Gasteiger partial charge in [-0.15, -0.1) is 0 Å². The van der Waals surface area contributed by atoms with Crippen LogP contribution in [-0.4, -0.2) is 49.4 Å².